The molecule has 100 valence electrons. The molecule has 0 bridgehead atoms. The van der Waals surface area contributed by atoms with E-state index in [0.29, 0.717) is 12.4 Å². The van der Waals surface area contributed by atoms with Crippen molar-refractivity contribution in [3.63, 3.8) is 0 Å². The topological polar surface area (TPSA) is 72.2 Å². The van der Waals surface area contributed by atoms with Crippen LogP contribution in [-0.2, 0) is 0 Å². The maximum Gasteiger partial charge on any atom is 0.329 e. The van der Waals surface area contributed by atoms with Gasteiger partial charge in [0, 0.05) is 13.1 Å². The minimum atomic E-state index is -0.472. The van der Waals surface area contributed by atoms with Crippen molar-refractivity contribution < 1.29 is 4.92 Å². The molecule has 0 aliphatic rings. The second-order valence-electron chi connectivity index (χ2n) is 3.95. The molecule has 0 aliphatic carbocycles. The van der Waals surface area contributed by atoms with Crippen LogP contribution in [0.15, 0.2) is 6.20 Å². The SMILES string of the molecule is CCCCN(CCC)c1nc(Cl)ncc1[N+](=O)[O-]. The molecular weight excluding hydrogens is 256 g/mol. The molecule has 0 saturated carbocycles. The summed E-state index contributed by atoms with van der Waals surface area (Å²) in [5, 5.41) is 11.0. The van der Waals surface area contributed by atoms with Gasteiger partial charge in [-0.05, 0) is 24.4 Å². The van der Waals surface area contributed by atoms with Gasteiger partial charge in [-0.15, -0.1) is 0 Å². The summed E-state index contributed by atoms with van der Waals surface area (Å²) >= 11 is 5.73. The summed E-state index contributed by atoms with van der Waals surface area (Å²) in [5.74, 6) is 0.315. The lowest BCUT2D eigenvalue weighted by Gasteiger charge is -2.22. The first kappa shape index (κ1) is 14.6. The van der Waals surface area contributed by atoms with Gasteiger partial charge in [-0.2, -0.15) is 4.98 Å². The van der Waals surface area contributed by atoms with Gasteiger partial charge in [0.15, 0.2) is 0 Å². The van der Waals surface area contributed by atoms with E-state index >= 15 is 0 Å². The van der Waals surface area contributed by atoms with Crippen LogP contribution in [0.2, 0.25) is 5.28 Å². The first-order valence-electron chi connectivity index (χ1n) is 6.02. The van der Waals surface area contributed by atoms with E-state index in [9.17, 15) is 10.1 Å². The predicted molar refractivity (Wildman–Crippen MR) is 71.1 cm³/mol. The molecule has 0 amide bonds. The van der Waals surface area contributed by atoms with E-state index in [1.165, 1.54) is 6.20 Å². The van der Waals surface area contributed by atoms with Crippen molar-refractivity contribution in [2.24, 2.45) is 0 Å². The molecule has 1 rings (SSSR count). The van der Waals surface area contributed by atoms with Crippen LogP contribution in [0.1, 0.15) is 33.1 Å². The van der Waals surface area contributed by atoms with Crippen molar-refractivity contribution in [3.8, 4) is 0 Å². The molecule has 1 aromatic rings. The number of aromatic nitrogens is 2. The number of rotatable bonds is 7. The Labute approximate surface area is 111 Å². The van der Waals surface area contributed by atoms with Crippen LogP contribution in [0.5, 0.6) is 0 Å². The van der Waals surface area contributed by atoms with Gasteiger partial charge in [-0.1, -0.05) is 20.3 Å². The number of nitrogens with zero attached hydrogens (tertiary/aromatic N) is 4. The van der Waals surface area contributed by atoms with Gasteiger partial charge in [-0.25, -0.2) is 4.98 Å². The highest BCUT2D eigenvalue weighted by atomic mass is 35.5. The fourth-order valence-corrected chi connectivity index (χ4v) is 1.78. The molecule has 0 N–H and O–H groups in total. The standard InChI is InChI=1S/C11H17ClN4O2/c1-3-5-7-15(6-4-2)10-9(16(17)18)8-13-11(12)14-10/h8H,3-7H2,1-2H3. The molecule has 1 aromatic heterocycles. The maximum absolute atomic E-state index is 11.0. The van der Waals surface area contributed by atoms with Crippen LogP contribution < -0.4 is 4.90 Å². The molecule has 6 nitrogen and oxygen atoms in total. The molecule has 1 heterocycles. The number of anilines is 1. The first-order chi connectivity index (χ1) is 8.60. The van der Waals surface area contributed by atoms with Gasteiger partial charge in [0.05, 0.1) is 4.92 Å². The van der Waals surface area contributed by atoms with Crippen molar-refractivity contribution in [3.05, 3.63) is 21.6 Å². The summed E-state index contributed by atoms with van der Waals surface area (Å²) in [5.41, 5.74) is -0.0936. The summed E-state index contributed by atoms with van der Waals surface area (Å²) in [6.07, 6.45) is 4.04. The molecule has 0 atom stereocenters. The summed E-state index contributed by atoms with van der Waals surface area (Å²) in [6.45, 7) is 5.55. The van der Waals surface area contributed by atoms with Crippen LogP contribution in [0.25, 0.3) is 0 Å². The Kier molecular flexibility index (Phi) is 5.77. The molecule has 0 saturated heterocycles. The highest BCUT2D eigenvalue weighted by Crippen LogP contribution is 2.26. The van der Waals surface area contributed by atoms with Crippen molar-refractivity contribution in [2.75, 3.05) is 18.0 Å². The van der Waals surface area contributed by atoms with E-state index in [2.05, 4.69) is 16.9 Å². The molecule has 0 radical (unpaired) electrons. The molecule has 7 heteroatoms. The molecule has 0 spiro atoms. The molecule has 18 heavy (non-hydrogen) atoms. The molecule has 0 fully saturated rings. The molecule has 0 unspecified atom stereocenters. The van der Waals surface area contributed by atoms with E-state index in [0.717, 1.165) is 25.8 Å². The fraction of sp³-hybridized carbons (Fsp3) is 0.636. The van der Waals surface area contributed by atoms with Gasteiger partial charge in [-0.3, -0.25) is 10.1 Å². The third kappa shape index (κ3) is 3.80. The normalized spacial score (nSPS) is 10.4. The summed E-state index contributed by atoms with van der Waals surface area (Å²) in [6, 6.07) is 0. The quantitative estimate of drug-likeness (QED) is 0.433. The number of hydrogen-bond donors (Lipinski definition) is 0. The van der Waals surface area contributed by atoms with Crippen LogP contribution in [0.4, 0.5) is 11.5 Å². The van der Waals surface area contributed by atoms with Crippen molar-refractivity contribution in [2.45, 2.75) is 33.1 Å². The minimum absolute atomic E-state index is 0.0354. The lowest BCUT2D eigenvalue weighted by atomic mass is 10.3. The van der Waals surface area contributed by atoms with Crippen LogP contribution in [-0.4, -0.2) is 28.0 Å². The lowest BCUT2D eigenvalue weighted by Crippen LogP contribution is -2.27. The van der Waals surface area contributed by atoms with Crippen LogP contribution in [0.3, 0.4) is 0 Å². The zero-order valence-electron chi connectivity index (χ0n) is 10.6. The second kappa shape index (κ2) is 7.10. The summed E-state index contributed by atoms with van der Waals surface area (Å²) < 4.78 is 0. The lowest BCUT2D eigenvalue weighted by molar-refractivity contribution is -0.384. The first-order valence-corrected chi connectivity index (χ1v) is 6.39. The van der Waals surface area contributed by atoms with Gasteiger partial charge < -0.3 is 4.90 Å². The van der Waals surface area contributed by atoms with Crippen molar-refractivity contribution >= 4 is 23.1 Å². The van der Waals surface area contributed by atoms with E-state index in [1.807, 2.05) is 11.8 Å². The zero-order valence-corrected chi connectivity index (χ0v) is 11.4. The molecule has 0 aromatic carbocycles. The maximum atomic E-state index is 11.0. The van der Waals surface area contributed by atoms with Crippen LogP contribution >= 0.6 is 11.6 Å². The fourth-order valence-electron chi connectivity index (χ4n) is 1.65. The van der Waals surface area contributed by atoms with E-state index in [-0.39, 0.29) is 11.0 Å². The molecule has 0 aliphatic heterocycles. The smallest absolute Gasteiger partial charge is 0.329 e. The molecular formula is C11H17ClN4O2. The average Bonchev–Trinajstić information content (AvgIpc) is 2.34. The predicted octanol–water partition coefficient (Wildman–Crippen LogP) is 3.05. The Hall–Kier alpha value is -1.43. The minimum Gasteiger partial charge on any atom is -0.351 e. The van der Waals surface area contributed by atoms with Gasteiger partial charge in [0.2, 0.25) is 11.1 Å². The Morgan fingerprint density at radius 1 is 1.39 bits per heavy atom. The van der Waals surface area contributed by atoms with Gasteiger partial charge in [0.1, 0.15) is 6.20 Å². The summed E-state index contributed by atoms with van der Waals surface area (Å²) in [4.78, 5) is 20.1. The third-order valence-corrected chi connectivity index (χ3v) is 2.67. The Balaban J connectivity index is 3.07. The van der Waals surface area contributed by atoms with E-state index < -0.39 is 4.92 Å². The van der Waals surface area contributed by atoms with E-state index in [4.69, 9.17) is 11.6 Å². The van der Waals surface area contributed by atoms with Gasteiger partial charge in [0.25, 0.3) is 0 Å². The largest absolute Gasteiger partial charge is 0.351 e. The highest BCUT2D eigenvalue weighted by Gasteiger charge is 2.21. The Bertz CT molecular complexity index is 414. The van der Waals surface area contributed by atoms with E-state index in [1.54, 1.807) is 0 Å². The Morgan fingerprint density at radius 3 is 2.67 bits per heavy atom. The van der Waals surface area contributed by atoms with Crippen molar-refractivity contribution in [1.29, 1.82) is 0 Å². The monoisotopic (exact) mass is 272 g/mol. The van der Waals surface area contributed by atoms with Crippen molar-refractivity contribution in [1.82, 2.24) is 9.97 Å². The highest BCUT2D eigenvalue weighted by molar-refractivity contribution is 6.28. The average molecular weight is 273 g/mol. The van der Waals surface area contributed by atoms with Crippen LogP contribution in [0, 0.1) is 10.1 Å². The third-order valence-electron chi connectivity index (χ3n) is 2.49. The Morgan fingerprint density at radius 2 is 2.11 bits per heavy atom. The zero-order chi connectivity index (χ0) is 13.5. The van der Waals surface area contributed by atoms with Gasteiger partial charge >= 0.3 is 5.69 Å². The summed E-state index contributed by atoms with van der Waals surface area (Å²) in [7, 11) is 0. The number of halogens is 1. The number of hydrogen-bond acceptors (Lipinski definition) is 5. The second-order valence-corrected chi connectivity index (χ2v) is 4.28. The number of unbranched alkanes of at least 4 members (excludes halogenated alkanes) is 1. The number of nitro groups is 1.